The Kier molecular flexibility index (Phi) is 1.98. The SMILES string of the molecule is C#CC1CC(C)(C)N([O])C1(C)C. The molecule has 2 heteroatoms. The molecule has 0 aromatic rings. The van der Waals surface area contributed by atoms with Gasteiger partial charge in [0.05, 0.1) is 5.54 Å². The van der Waals surface area contributed by atoms with Crippen molar-refractivity contribution in [1.82, 2.24) is 5.06 Å². The van der Waals surface area contributed by atoms with Crippen LogP contribution in [0.15, 0.2) is 0 Å². The van der Waals surface area contributed by atoms with Crippen LogP contribution in [0.25, 0.3) is 0 Å². The summed E-state index contributed by atoms with van der Waals surface area (Å²) in [4.78, 5) is 0. The summed E-state index contributed by atoms with van der Waals surface area (Å²) < 4.78 is 0. The zero-order valence-electron chi connectivity index (χ0n) is 8.22. The van der Waals surface area contributed by atoms with Crippen molar-refractivity contribution in [3.63, 3.8) is 0 Å². The fourth-order valence-electron chi connectivity index (χ4n) is 2.02. The lowest BCUT2D eigenvalue weighted by atomic mass is 9.88. The molecule has 0 bridgehead atoms. The van der Waals surface area contributed by atoms with Crippen molar-refractivity contribution in [2.45, 2.75) is 45.2 Å². The first-order valence-electron chi connectivity index (χ1n) is 4.26. The zero-order chi connectivity index (χ0) is 9.57. The van der Waals surface area contributed by atoms with Gasteiger partial charge in [0.25, 0.3) is 0 Å². The maximum absolute atomic E-state index is 11.7. The molecule has 0 aliphatic carbocycles. The number of rotatable bonds is 0. The summed E-state index contributed by atoms with van der Waals surface area (Å²) in [5, 5.41) is 12.9. The number of terminal acetylenes is 1. The molecule has 1 saturated heterocycles. The van der Waals surface area contributed by atoms with Crippen LogP contribution in [0.2, 0.25) is 0 Å². The Bertz CT molecular complexity index is 224. The predicted octanol–water partition coefficient (Wildman–Crippen LogP) is 1.84. The second kappa shape index (κ2) is 2.48. The molecule has 12 heavy (non-hydrogen) atoms. The summed E-state index contributed by atoms with van der Waals surface area (Å²) >= 11 is 0. The Labute approximate surface area is 74.5 Å². The van der Waals surface area contributed by atoms with Crippen LogP contribution in [-0.2, 0) is 5.21 Å². The summed E-state index contributed by atoms with van der Waals surface area (Å²) in [6.07, 6.45) is 6.17. The molecule has 67 valence electrons. The predicted molar refractivity (Wildman–Crippen MR) is 47.6 cm³/mol. The first-order chi connectivity index (χ1) is 5.32. The minimum Gasteiger partial charge on any atom is -0.143 e. The van der Waals surface area contributed by atoms with Crippen molar-refractivity contribution < 1.29 is 5.21 Å². The third-order valence-corrected chi connectivity index (χ3v) is 2.83. The van der Waals surface area contributed by atoms with Gasteiger partial charge in [-0.05, 0) is 34.1 Å². The van der Waals surface area contributed by atoms with Crippen LogP contribution >= 0.6 is 0 Å². The van der Waals surface area contributed by atoms with Crippen LogP contribution in [0.5, 0.6) is 0 Å². The van der Waals surface area contributed by atoms with E-state index in [2.05, 4.69) is 5.92 Å². The number of hydrogen-bond donors (Lipinski definition) is 0. The summed E-state index contributed by atoms with van der Waals surface area (Å²) in [5.41, 5.74) is -0.710. The lowest BCUT2D eigenvalue weighted by molar-refractivity contribution is -0.246. The molecule has 1 heterocycles. The molecule has 1 atom stereocenters. The quantitative estimate of drug-likeness (QED) is 0.504. The van der Waals surface area contributed by atoms with Crippen molar-refractivity contribution in [2.75, 3.05) is 0 Å². The van der Waals surface area contributed by atoms with E-state index in [0.717, 1.165) is 11.5 Å². The van der Waals surface area contributed by atoms with E-state index in [9.17, 15) is 5.21 Å². The first kappa shape index (κ1) is 9.57. The third kappa shape index (κ3) is 1.14. The largest absolute Gasteiger partial charge is 0.143 e. The van der Waals surface area contributed by atoms with Gasteiger partial charge in [0.1, 0.15) is 0 Å². The molecule has 1 aliphatic rings. The normalized spacial score (nSPS) is 33.2. The summed E-state index contributed by atoms with van der Waals surface area (Å²) in [5.74, 6) is 2.77. The third-order valence-electron chi connectivity index (χ3n) is 2.83. The van der Waals surface area contributed by atoms with Crippen molar-refractivity contribution in [2.24, 2.45) is 5.92 Å². The molecule has 0 spiro atoms. The van der Waals surface area contributed by atoms with Crippen LogP contribution < -0.4 is 0 Å². The van der Waals surface area contributed by atoms with Gasteiger partial charge >= 0.3 is 0 Å². The van der Waals surface area contributed by atoms with Crippen molar-refractivity contribution >= 4 is 0 Å². The highest BCUT2D eigenvalue weighted by Gasteiger charge is 2.51. The van der Waals surface area contributed by atoms with Crippen LogP contribution in [0, 0.1) is 18.3 Å². The Morgan fingerprint density at radius 1 is 1.42 bits per heavy atom. The number of nitrogens with zero attached hydrogens (tertiary/aromatic N) is 1. The molecule has 1 fully saturated rings. The van der Waals surface area contributed by atoms with Gasteiger partial charge in [0.2, 0.25) is 0 Å². The highest BCUT2D eigenvalue weighted by molar-refractivity contribution is 5.12. The van der Waals surface area contributed by atoms with Crippen LogP contribution in [0.1, 0.15) is 34.1 Å². The monoisotopic (exact) mass is 166 g/mol. The maximum atomic E-state index is 11.7. The zero-order valence-corrected chi connectivity index (χ0v) is 8.22. The van der Waals surface area contributed by atoms with Gasteiger partial charge < -0.3 is 0 Å². The van der Waals surface area contributed by atoms with Gasteiger partial charge in [-0.2, -0.15) is 0 Å². The van der Waals surface area contributed by atoms with Crippen LogP contribution in [0.4, 0.5) is 0 Å². The molecule has 1 rings (SSSR count). The minimum absolute atomic E-state index is 0.0741. The molecule has 0 N–H and O–H groups in total. The summed E-state index contributed by atoms with van der Waals surface area (Å²) in [6, 6.07) is 0. The average Bonchev–Trinajstić information content (AvgIpc) is 2.11. The lowest BCUT2D eigenvalue weighted by Gasteiger charge is -2.32. The molecular formula is C10H16NO. The van der Waals surface area contributed by atoms with Crippen molar-refractivity contribution in [3.8, 4) is 12.3 Å². The topological polar surface area (TPSA) is 23.1 Å². The van der Waals surface area contributed by atoms with Gasteiger partial charge in [0, 0.05) is 11.5 Å². The second-order valence-electron chi connectivity index (χ2n) is 4.68. The maximum Gasteiger partial charge on any atom is 0.0581 e. The van der Waals surface area contributed by atoms with E-state index in [4.69, 9.17) is 6.42 Å². The van der Waals surface area contributed by atoms with E-state index >= 15 is 0 Å². The molecule has 1 radical (unpaired) electrons. The molecular weight excluding hydrogens is 150 g/mol. The van der Waals surface area contributed by atoms with E-state index in [1.807, 2.05) is 27.7 Å². The van der Waals surface area contributed by atoms with E-state index < -0.39 is 5.54 Å². The molecule has 0 aromatic carbocycles. The first-order valence-corrected chi connectivity index (χ1v) is 4.26. The van der Waals surface area contributed by atoms with Gasteiger partial charge in [-0.3, -0.25) is 0 Å². The highest BCUT2D eigenvalue weighted by Crippen LogP contribution is 2.43. The number of hydroxylamine groups is 2. The standard InChI is InChI=1S/C10H16NO/c1-6-8-7-9(2,3)11(12)10(8,4)5/h1,8H,7H2,2-5H3. The van der Waals surface area contributed by atoms with Gasteiger partial charge in [-0.15, -0.1) is 22.6 Å². The molecule has 0 aromatic heterocycles. The summed E-state index contributed by atoms with van der Waals surface area (Å²) in [7, 11) is 0. The van der Waals surface area contributed by atoms with E-state index in [1.165, 1.54) is 0 Å². The van der Waals surface area contributed by atoms with Crippen LogP contribution in [0.3, 0.4) is 0 Å². The van der Waals surface area contributed by atoms with Crippen LogP contribution in [-0.4, -0.2) is 16.1 Å². The fourth-order valence-corrected chi connectivity index (χ4v) is 2.02. The molecule has 1 aliphatic heterocycles. The van der Waals surface area contributed by atoms with E-state index in [0.29, 0.717) is 0 Å². The molecule has 2 nitrogen and oxygen atoms in total. The second-order valence-corrected chi connectivity index (χ2v) is 4.68. The molecule has 0 amide bonds. The lowest BCUT2D eigenvalue weighted by Crippen LogP contribution is -2.46. The molecule has 0 saturated carbocycles. The number of hydrogen-bond acceptors (Lipinski definition) is 1. The smallest absolute Gasteiger partial charge is 0.0581 e. The minimum atomic E-state index is -0.405. The van der Waals surface area contributed by atoms with Gasteiger partial charge in [0.15, 0.2) is 0 Å². The fraction of sp³-hybridized carbons (Fsp3) is 0.800. The average molecular weight is 166 g/mol. The Morgan fingerprint density at radius 3 is 2.08 bits per heavy atom. The van der Waals surface area contributed by atoms with Crippen molar-refractivity contribution in [1.29, 1.82) is 0 Å². The Balaban J connectivity index is 2.98. The summed E-state index contributed by atoms with van der Waals surface area (Å²) in [6.45, 7) is 7.72. The highest BCUT2D eigenvalue weighted by atomic mass is 16.5. The Hall–Kier alpha value is -0.520. The van der Waals surface area contributed by atoms with Crippen molar-refractivity contribution in [3.05, 3.63) is 0 Å². The van der Waals surface area contributed by atoms with Gasteiger partial charge in [-0.1, -0.05) is 0 Å². The van der Waals surface area contributed by atoms with E-state index in [1.54, 1.807) is 0 Å². The van der Waals surface area contributed by atoms with Gasteiger partial charge in [-0.25, -0.2) is 0 Å². The van der Waals surface area contributed by atoms with E-state index in [-0.39, 0.29) is 11.5 Å². The Morgan fingerprint density at radius 2 is 1.92 bits per heavy atom. The molecule has 1 unspecified atom stereocenters.